The van der Waals surface area contributed by atoms with Gasteiger partial charge in [-0.3, -0.25) is 9.69 Å². The van der Waals surface area contributed by atoms with Crippen molar-refractivity contribution in [1.29, 1.82) is 5.26 Å². The number of rotatable bonds is 4. The first-order valence-electron chi connectivity index (χ1n) is 11.6. The van der Waals surface area contributed by atoms with Crippen molar-refractivity contribution in [2.45, 2.75) is 44.4 Å². The van der Waals surface area contributed by atoms with Gasteiger partial charge in [0.05, 0.1) is 28.9 Å². The fourth-order valence-corrected chi connectivity index (χ4v) is 5.97. The second-order valence-corrected chi connectivity index (χ2v) is 10.3. The summed E-state index contributed by atoms with van der Waals surface area (Å²) in [6.07, 6.45) is 0.671. The van der Waals surface area contributed by atoms with Gasteiger partial charge in [-0.05, 0) is 37.6 Å². The summed E-state index contributed by atoms with van der Waals surface area (Å²) in [6.45, 7) is 5.29. The monoisotopic (exact) mass is 486 g/mol. The van der Waals surface area contributed by atoms with Crippen LogP contribution in [0.15, 0.2) is 60.0 Å². The Labute approximate surface area is 208 Å². The molecule has 0 N–H and O–H groups in total. The highest BCUT2D eigenvalue weighted by Gasteiger charge is 2.64. The highest BCUT2D eigenvalue weighted by atomic mass is 32.1. The van der Waals surface area contributed by atoms with Gasteiger partial charge in [0.25, 0.3) is 5.91 Å². The number of piperidine rings is 1. The summed E-state index contributed by atoms with van der Waals surface area (Å²) in [5, 5.41) is 12.1. The van der Waals surface area contributed by atoms with Crippen LogP contribution in [0.3, 0.4) is 0 Å². The van der Waals surface area contributed by atoms with Gasteiger partial charge in [0.2, 0.25) is 0 Å². The fraction of sp³-hybridized carbons (Fsp3) is 0.333. The zero-order valence-electron chi connectivity index (χ0n) is 19.7. The molecule has 3 aromatic rings. The maximum absolute atomic E-state index is 13.3. The lowest BCUT2D eigenvalue weighted by Crippen LogP contribution is -2.58. The predicted molar refractivity (Wildman–Crippen MR) is 132 cm³/mol. The molecular weight excluding hydrogens is 460 g/mol. The highest BCUT2D eigenvalue weighted by Crippen LogP contribution is 2.52. The van der Waals surface area contributed by atoms with E-state index in [2.05, 4.69) is 18.0 Å². The summed E-state index contributed by atoms with van der Waals surface area (Å²) in [7, 11) is 0. The SMILES string of the molecule is Cc1nc(CN2C(=O)OC3(CCN(C(=O)c4cccc(C#N)c4)CC3)C2(C)c2ccccc2)cs1. The molecule has 0 aliphatic carbocycles. The number of carbonyl (C=O) groups is 2. The van der Waals surface area contributed by atoms with E-state index in [1.165, 1.54) is 0 Å². The Kier molecular flexibility index (Phi) is 5.81. The normalized spacial score (nSPS) is 21.1. The Balaban J connectivity index is 1.45. The van der Waals surface area contributed by atoms with Crippen molar-refractivity contribution in [2.24, 2.45) is 0 Å². The largest absolute Gasteiger partial charge is 0.440 e. The molecule has 1 aromatic heterocycles. The van der Waals surface area contributed by atoms with Gasteiger partial charge in [-0.1, -0.05) is 36.4 Å². The van der Waals surface area contributed by atoms with Crippen LogP contribution in [-0.2, 0) is 16.8 Å². The Morgan fingerprint density at radius 1 is 1.17 bits per heavy atom. The first kappa shape index (κ1) is 23.1. The molecule has 5 rings (SSSR count). The van der Waals surface area contributed by atoms with E-state index in [0.29, 0.717) is 43.6 Å². The van der Waals surface area contributed by atoms with Gasteiger partial charge in [0, 0.05) is 36.9 Å². The molecule has 2 aromatic carbocycles. The van der Waals surface area contributed by atoms with E-state index in [0.717, 1.165) is 16.3 Å². The fourth-order valence-electron chi connectivity index (χ4n) is 5.36. The second kappa shape index (κ2) is 8.82. The number of nitriles is 1. The number of carbonyl (C=O) groups excluding carboxylic acids is 2. The number of hydrogen-bond donors (Lipinski definition) is 0. The Bertz CT molecular complexity index is 1310. The molecule has 2 fully saturated rings. The third kappa shape index (κ3) is 3.86. The molecule has 1 unspecified atom stereocenters. The van der Waals surface area contributed by atoms with E-state index < -0.39 is 11.1 Å². The molecule has 8 heteroatoms. The van der Waals surface area contributed by atoms with Crippen molar-refractivity contribution < 1.29 is 14.3 Å². The molecule has 2 aliphatic heterocycles. The molecule has 35 heavy (non-hydrogen) atoms. The molecule has 0 saturated carbocycles. The first-order valence-corrected chi connectivity index (χ1v) is 12.5. The molecule has 0 radical (unpaired) electrons. The number of hydrogen-bond acceptors (Lipinski definition) is 6. The molecule has 2 saturated heterocycles. The standard InChI is InChI=1S/C27H26N4O3S/c1-19-29-23(18-35-19)17-31-25(33)34-27(26(31,2)22-9-4-3-5-10-22)11-13-30(14-12-27)24(32)21-8-6-7-20(15-21)16-28/h3-10,15,18H,11-14,17H2,1-2H3. The topological polar surface area (TPSA) is 86.5 Å². The van der Waals surface area contributed by atoms with Gasteiger partial charge in [-0.15, -0.1) is 11.3 Å². The summed E-state index contributed by atoms with van der Waals surface area (Å²) in [6, 6.07) is 18.8. The average Bonchev–Trinajstić information content (AvgIpc) is 3.39. The number of benzene rings is 2. The zero-order chi connectivity index (χ0) is 24.6. The van der Waals surface area contributed by atoms with Crippen molar-refractivity contribution in [3.63, 3.8) is 0 Å². The van der Waals surface area contributed by atoms with Crippen molar-refractivity contribution in [1.82, 2.24) is 14.8 Å². The van der Waals surface area contributed by atoms with Gasteiger partial charge in [0.15, 0.2) is 0 Å². The lowest BCUT2D eigenvalue weighted by molar-refractivity contribution is -0.0552. The maximum Gasteiger partial charge on any atom is 0.411 e. The van der Waals surface area contributed by atoms with Crippen molar-refractivity contribution in [3.05, 3.63) is 87.4 Å². The van der Waals surface area contributed by atoms with Gasteiger partial charge in [-0.25, -0.2) is 9.78 Å². The van der Waals surface area contributed by atoms with Crippen molar-refractivity contribution in [2.75, 3.05) is 13.1 Å². The van der Waals surface area contributed by atoms with E-state index in [1.54, 1.807) is 45.4 Å². The number of ether oxygens (including phenoxy) is 1. The van der Waals surface area contributed by atoms with Gasteiger partial charge >= 0.3 is 6.09 Å². The summed E-state index contributed by atoms with van der Waals surface area (Å²) in [5.74, 6) is -0.113. The summed E-state index contributed by atoms with van der Waals surface area (Å²) < 4.78 is 6.20. The van der Waals surface area contributed by atoms with Crippen LogP contribution in [0.1, 0.15) is 52.0 Å². The molecule has 2 amide bonds. The van der Waals surface area contributed by atoms with Crippen LogP contribution in [0, 0.1) is 18.3 Å². The number of amides is 2. The van der Waals surface area contributed by atoms with Gasteiger partial charge < -0.3 is 9.64 Å². The molecule has 178 valence electrons. The smallest absolute Gasteiger partial charge is 0.411 e. The minimum atomic E-state index is -0.776. The van der Waals surface area contributed by atoms with E-state index in [9.17, 15) is 14.9 Å². The number of aromatic nitrogens is 1. The number of aryl methyl sites for hydroxylation is 1. The molecule has 0 bridgehead atoms. The molecule has 2 aliphatic rings. The molecule has 3 heterocycles. The third-order valence-electron chi connectivity index (χ3n) is 7.35. The Morgan fingerprint density at radius 2 is 1.91 bits per heavy atom. The van der Waals surface area contributed by atoms with Gasteiger partial charge in [0.1, 0.15) is 11.1 Å². The number of thiazole rings is 1. The maximum atomic E-state index is 13.3. The van der Waals surface area contributed by atoms with E-state index in [-0.39, 0.29) is 12.0 Å². The van der Waals surface area contributed by atoms with Crippen molar-refractivity contribution in [3.8, 4) is 6.07 Å². The summed E-state index contributed by atoms with van der Waals surface area (Å²) >= 11 is 1.56. The van der Waals surface area contributed by atoms with E-state index in [1.807, 2.05) is 42.6 Å². The van der Waals surface area contributed by atoms with Crippen LogP contribution in [0.25, 0.3) is 0 Å². The number of nitrogens with zero attached hydrogens (tertiary/aromatic N) is 4. The zero-order valence-corrected chi connectivity index (χ0v) is 20.5. The molecular formula is C27H26N4O3S. The predicted octanol–water partition coefficient (Wildman–Crippen LogP) is 4.87. The van der Waals surface area contributed by atoms with Crippen LogP contribution in [0.5, 0.6) is 0 Å². The van der Waals surface area contributed by atoms with Crippen LogP contribution >= 0.6 is 11.3 Å². The van der Waals surface area contributed by atoms with Crippen LogP contribution in [-0.4, -0.2) is 45.5 Å². The lowest BCUT2D eigenvalue weighted by Gasteiger charge is -2.48. The van der Waals surface area contributed by atoms with Crippen LogP contribution < -0.4 is 0 Å². The second-order valence-electron chi connectivity index (χ2n) is 9.23. The van der Waals surface area contributed by atoms with E-state index >= 15 is 0 Å². The van der Waals surface area contributed by atoms with Gasteiger partial charge in [-0.2, -0.15) is 5.26 Å². The molecule has 1 atom stereocenters. The first-order chi connectivity index (χ1) is 16.9. The minimum absolute atomic E-state index is 0.113. The lowest BCUT2D eigenvalue weighted by atomic mass is 9.70. The Hall–Kier alpha value is -3.70. The van der Waals surface area contributed by atoms with E-state index in [4.69, 9.17) is 4.74 Å². The Morgan fingerprint density at radius 3 is 2.57 bits per heavy atom. The van der Waals surface area contributed by atoms with Crippen LogP contribution in [0.2, 0.25) is 0 Å². The van der Waals surface area contributed by atoms with Crippen molar-refractivity contribution >= 4 is 23.3 Å². The molecule has 7 nitrogen and oxygen atoms in total. The number of likely N-dealkylation sites (tertiary alicyclic amines) is 1. The molecule has 1 spiro atoms. The summed E-state index contributed by atoms with van der Waals surface area (Å²) in [5.41, 5.74) is 1.29. The minimum Gasteiger partial charge on any atom is -0.440 e. The quantitative estimate of drug-likeness (QED) is 0.525. The van der Waals surface area contributed by atoms with Crippen LogP contribution in [0.4, 0.5) is 4.79 Å². The third-order valence-corrected chi connectivity index (χ3v) is 8.17. The highest BCUT2D eigenvalue weighted by molar-refractivity contribution is 7.09. The summed E-state index contributed by atoms with van der Waals surface area (Å²) in [4.78, 5) is 34.6. The average molecular weight is 487 g/mol.